The Kier molecular flexibility index (Phi) is 1.89. The number of fused-ring (bicyclic) bond motifs is 1. The number of rotatable bonds is 5. The Morgan fingerprint density at radius 3 is 2.95 bits per heavy atom. The minimum absolute atomic E-state index is 0.0617. The van der Waals surface area contributed by atoms with Gasteiger partial charge in [0.1, 0.15) is 5.52 Å². The summed E-state index contributed by atoms with van der Waals surface area (Å²) in [5, 5.41) is 10.3. The highest BCUT2D eigenvalue weighted by Gasteiger charge is 2.14. The fraction of sp³-hybridized carbons (Fsp3) is 0.615. The summed E-state index contributed by atoms with van der Waals surface area (Å²) in [6.07, 6.45) is -2.79. The van der Waals surface area contributed by atoms with Gasteiger partial charge in [-0.05, 0) is 32.9 Å². The summed E-state index contributed by atoms with van der Waals surface area (Å²) in [5.74, 6) is 0. The zero-order chi connectivity index (χ0) is 21.7. The normalized spacial score (nSPS) is 20.1. The van der Waals surface area contributed by atoms with Crippen LogP contribution in [-0.2, 0) is 13.6 Å². The maximum Gasteiger partial charge on any atom is 0.332 e. The van der Waals surface area contributed by atoms with Crippen molar-refractivity contribution in [2.24, 2.45) is 7.05 Å². The minimum Gasteiger partial charge on any atom is -0.390 e. The van der Waals surface area contributed by atoms with Gasteiger partial charge in [-0.15, -0.1) is 0 Å². The number of H-pyrrole nitrogens is 1. The Morgan fingerprint density at radius 2 is 2.25 bits per heavy atom. The molecule has 0 spiro atoms. The standard InChI is InChI=1S/C13H20N4O3/c1-13(2,20)6-4-5-7-17-11(18)9-10(15-8-14-9)16(3)12(17)19/h8,20H,4-7H2,1-3H3,(H,14,15)/i1D3,2D3,6D2. The predicted octanol–water partition coefficient (Wildman–Crippen LogP) is 0.364. The Balaban J connectivity index is 2.33. The van der Waals surface area contributed by atoms with E-state index in [1.807, 2.05) is 0 Å². The minimum atomic E-state index is -3.61. The van der Waals surface area contributed by atoms with Crippen LogP contribution in [0.5, 0.6) is 0 Å². The molecule has 2 heterocycles. The molecule has 2 aromatic rings. The maximum absolute atomic E-state index is 12.4. The van der Waals surface area contributed by atoms with E-state index in [0.29, 0.717) is 0 Å². The van der Waals surface area contributed by atoms with Crippen molar-refractivity contribution in [1.29, 1.82) is 0 Å². The zero-order valence-corrected chi connectivity index (χ0v) is 10.8. The lowest BCUT2D eigenvalue weighted by Gasteiger charge is -2.16. The molecule has 0 aromatic carbocycles. The van der Waals surface area contributed by atoms with Crippen molar-refractivity contribution in [2.75, 3.05) is 0 Å². The average molecular weight is 288 g/mol. The van der Waals surface area contributed by atoms with Gasteiger partial charge in [0.25, 0.3) is 5.56 Å². The molecule has 0 fully saturated rings. The number of aromatic amines is 1. The molecular formula is C13H20N4O3. The molecule has 0 saturated carbocycles. The molecule has 0 unspecified atom stereocenters. The third kappa shape index (κ3) is 2.82. The molecule has 110 valence electrons. The predicted molar refractivity (Wildman–Crippen MR) is 75.7 cm³/mol. The van der Waals surface area contributed by atoms with Gasteiger partial charge >= 0.3 is 5.69 Å². The summed E-state index contributed by atoms with van der Waals surface area (Å²) in [6.45, 7) is -7.36. The molecule has 0 atom stereocenters. The molecule has 0 aliphatic heterocycles. The van der Waals surface area contributed by atoms with E-state index >= 15 is 0 Å². The van der Waals surface area contributed by atoms with E-state index in [1.54, 1.807) is 0 Å². The molecule has 2 N–H and O–H groups in total. The van der Waals surface area contributed by atoms with E-state index in [0.717, 1.165) is 9.13 Å². The largest absolute Gasteiger partial charge is 0.390 e. The molecule has 0 bridgehead atoms. The summed E-state index contributed by atoms with van der Waals surface area (Å²) in [7, 11) is 1.39. The molecule has 2 aromatic heterocycles. The van der Waals surface area contributed by atoms with Crippen LogP contribution < -0.4 is 11.2 Å². The van der Waals surface area contributed by atoms with Crippen molar-refractivity contribution in [1.82, 2.24) is 19.1 Å². The summed E-state index contributed by atoms with van der Waals surface area (Å²) in [4.78, 5) is 31.2. The van der Waals surface area contributed by atoms with Crippen LogP contribution in [0.3, 0.4) is 0 Å². The van der Waals surface area contributed by atoms with Crippen molar-refractivity contribution in [3.63, 3.8) is 0 Å². The molecule has 0 saturated heterocycles. The second kappa shape index (κ2) is 5.24. The van der Waals surface area contributed by atoms with Gasteiger partial charge in [-0.3, -0.25) is 13.9 Å². The summed E-state index contributed by atoms with van der Waals surface area (Å²) in [5.41, 5.74) is -4.83. The molecule has 7 heteroatoms. The number of aromatic nitrogens is 4. The molecule has 2 rings (SSSR count). The highest BCUT2D eigenvalue weighted by atomic mass is 16.3. The maximum atomic E-state index is 12.4. The first kappa shape index (κ1) is 7.21. The second-order valence-corrected chi connectivity index (χ2v) is 4.39. The first-order valence-corrected chi connectivity index (χ1v) is 5.91. The van der Waals surface area contributed by atoms with Crippen molar-refractivity contribution in [2.45, 2.75) is 45.1 Å². The SMILES string of the molecule is [2H]C([2H])([2H])C(O)(C([2H])([2H])[2H])C([2H])([2H])CCCn1c(=O)c2[nH]cnc2n(C)c1=O. The van der Waals surface area contributed by atoms with Crippen LogP contribution in [-0.4, -0.2) is 29.8 Å². The van der Waals surface area contributed by atoms with Gasteiger partial charge in [0.15, 0.2) is 5.65 Å². The van der Waals surface area contributed by atoms with E-state index in [1.165, 1.54) is 13.4 Å². The quantitative estimate of drug-likeness (QED) is 0.831. The number of imidazole rings is 1. The monoisotopic (exact) mass is 288 g/mol. The van der Waals surface area contributed by atoms with E-state index in [-0.39, 0.29) is 24.1 Å². The van der Waals surface area contributed by atoms with Crippen LogP contribution >= 0.6 is 0 Å². The Morgan fingerprint density at radius 1 is 1.50 bits per heavy atom. The number of nitrogens with zero attached hydrogens (tertiary/aromatic N) is 3. The first-order valence-electron chi connectivity index (χ1n) is 9.91. The van der Waals surface area contributed by atoms with Crippen LogP contribution in [0, 0.1) is 0 Å². The van der Waals surface area contributed by atoms with Crippen molar-refractivity contribution in [3.05, 3.63) is 27.2 Å². The van der Waals surface area contributed by atoms with Gasteiger partial charge in [0.2, 0.25) is 0 Å². The van der Waals surface area contributed by atoms with Gasteiger partial charge < -0.3 is 10.1 Å². The van der Waals surface area contributed by atoms with Crippen LogP contribution in [0.2, 0.25) is 0 Å². The van der Waals surface area contributed by atoms with Crippen LogP contribution in [0.15, 0.2) is 15.9 Å². The lowest BCUT2D eigenvalue weighted by atomic mass is 10.0. The molecule has 0 aliphatic carbocycles. The zero-order valence-electron chi connectivity index (χ0n) is 18.8. The smallest absolute Gasteiger partial charge is 0.332 e. The Hall–Kier alpha value is -1.89. The lowest BCUT2D eigenvalue weighted by Crippen LogP contribution is -2.39. The lowest BCUT2D eigenvalue weighted by molar-refractivity contribution is 0.0678. The van der Waals surface area contributed by atoms with Gasteiger partial charge in [0, 0.05) is 24.6 Å². The molecule has 0 amide bonds. The molecule has 20 heavy (non-hydrogen) atoms. The topological polar surface area (TPSA) is 92.9 Å². The van der Waals surface area contributed by atoms with Gasteiger partial charge in [-0.25, -0.2) is 9.78 Å². The number of aryl methyl sites for hydroxylation is 1. The first-order chi connectivity index (χ1) is 12.6. The highest BCUT2D eigenvalue weighted by Crippen LogP contribution is 2.12. The number of nitrogens with one attached hydrogen (secondary N) is 1. The van der Waals surface area contributed by atoms with Crippen molar-refractivity contribution >= 4 is 11.2 Å². The van der Waals surface area contributed by atoms with Crippen LogP contribution in [0.1, 0.15) is 43.9 Å². The van der Waals surface area contributed by atoms with E-state index in [4.69, 9.17) is 11.0 Å². The van der Waals surface area contributed by atoms with E-state index < -0.39 is 43.3 Å². The molecular weight excluding hydrogens is 260 g/mol. The average Bonchev–Trinajstić information content (AvgIpc) is 3.02. The molecule has 0 aliphatic rings. The fourth-order valence-electron chi connectivity index (χ4n) is 1.90. The van der Waals surface area contributed by atoms with Gasteiger partial charge in [0.05, 0.1) is 11.9 Å². The van der Waals surface area contributed by atoms with E-state index in [9.17, 15) is 14.7 Å². The van der Waals surface area contributed by atoms with Crippen molar-refractivity contribution in [3.8, 4) is 0 Å². The third-order valence-electron chi connectivity index (χ3n) is 2.85. The van der Waals surface area contributed by atoms with E-state index in [2.05, 4.69) is 9.97 Å². The second-order valence-electron chi connectivity index (χ2n) is 4.39. The summed E-state index contributed by atoms with van der Waals surface area (Å²) in [6, 6.07) is 0. The van der Waals surface area contributed by atoms with Crippen LogP contribution in [0.4, 0.5) is 0 Å². The Labute approximate surface area is 127 Å². The van der Waals surface area contributed by atoms with Gasteiger partial charge in [-0.1, -0.05) is 0 Å². The fourth-order valence-corrected chi connectivity index (χ4v) is 1.90. The van der Waals surface area contributed by atoms with Crippen LogP contribution in [0.25, 0.3) is 11.2 Å². The van der Waals surface area contributed by atoms with Gasteiger partial charge in [-0.2, -0.15) is 0 Å². The number of hydrogen-bond acceptors (Lipinski definition) is 4. The number of aliphatic hydroxyl groups is 1. The molecule has 7 nitrogen and oxygen atoms in total. The third-order valence-corrected chi connectivity index (χ3v) is 2.85. The Bertz CT molecular complexity index is 971. The number of hydrogen-bond donors (Lipinski definition) is 2. The highest BCUT2D eigenvalue weighted by molar-refractivity contribution is 5.68. The summed E-state index contributed by atoms with van der Waals surface area (Å²) < 4.78 is 61.7. The molecule has 0 radical (unpaired) electrons. The van der Waals surface area contributed by atoms with Crippen molar-refractivity contribution < 1.29 is 16.1 Å². The summed E-state index contributed by atoms with van der Waals surface area (Å²) >= 11 is 0.